The lowest BCUT2D eigenvalue weighted by Crippen LogP contribution is -2.48. The van der Waals surface area contributed by atoms with Gasteiger partial charge in [-0.05, 0) is 55.8 Å². The van der Waals surface area contributed by atoms with Crippen molar-refractivity contribution in [3.8, 4) is 17.2 Å². The van der Waals surface area contributed by atoms with Crippen molar-refractivity contribution in [3.63, 3.8) is 0 Å². The Labute approximate surface area is 185 Å². The third kappa shape index (κ3) is 2.72. The number of halogens is 1. The highest BCUT2D eigenvalue weighted by Gasteiger charge is 2.53. The molecule has 32 heavy (non-hydrogen) atoms. The van der Waals surface area contributed by atoms with Crippen molar-refractivity contribution in [3.05, 3.63) is 83.2 Å². The molecular formula is C26H22FNO4. The molecule has 0 aromatic heterocycles. The van der Waals surface area contributed by atoms with E-state index in [-0.39, 0.29) is 18.5 Å². The number of rotatable bonds is 1. The van der Waals surface area contributed by atoms with E-state index in [9.17, 15) is 9.18 Å². The maximum absolute atomic E-state index is 13.5. The molecule has 1 amide bonds. The molecule has 162 valence electrons. The van der Waals surface area contributed by atoms with Crippen LogP contribution in [0.1, 0.15) is 41.8 Å². The maximum Gasteiger partial charge on any atom is 0.258 e. The van der Waals surface area contributed by atoms with Crippen molar-refractivity contribution >= 4 is 11.6 Å². The second-order valence-electron chi connectivity index (χ2n) is 9.24. The molecule has 0 saturated carbocycles. The fourth-order valence-corrected chi connectivity index (χ4v) is 5.40. The Morgan fingerprint density at radius 2 is 1.66 bits per heavy atom. The summed E-state index contributed by atoms with van der Waals surface area (Å²) in [6.07, 6.45) is 0.691. The minimum atomic E-state index is -0.468. The van der Waals surface area contributed by atoms with E-state index in [0.29, 0.717) is 30.0 Å². The zero-order chi connectivity index (χ0) is 22.1. The zero-order valence-electron chi connectivity index (χ0n) is 17.9. The normalized spacial score (nSPS) is 21.8. The number of amides is 1. The lowest BCUT2D eigenvalue weighted by Gasteiger charge is -2.44. The maximum atomic E-state index is 13.5. The quantitative estimate of drug-likeness (QED) is 0.540. The van der Waals surface area contributed by atoms with Crippen LogP contribution in [0.2, 0.25) is 0 Å². The van der Waals surface area contributed by atoms with E-state index >= 15 is 0 Å². The van der Waals surface area contributed by atoms with Gasteiger partial charge in [0.25, 0.3) is 5.91 Å². The molecule has 1 atom stereocenters. The van der Waals surface area contributed by atoms with Gasteiger partial charge < -0.3 is 19.1 Å². The third-order valence-electron chi connectivity index (χ3n) is 6.58. The second kappa shape index (κ2) is 6.48. The molecule has 6 heteroatoms. The number of nitrogens with zero attached hydrogens (tertiary/aromatic N) is 1. The first-order valence-electron chi connectivity index (χ1n) is 10.7. The van der Waals surface area contributed by atoms with Crippen LogP contribution in [0.5, 0.6) is 17.2 Å². The molecule has 0 radical (unpaired) electrons. The summed E-state index contributed by atoms with van der Waals surface area (Å²) in [5.74, 6) is 1.59. The number of para-hydroxylation sites is 1. The first-order valence-corrected chi connectivity index (χ1v) is 10.7. The fraction of sp³-hybridized carbons (Fsp3) is 0.269. The molecule has 0 aliphatic carbocycles. The van der Waals surface area contributed by atoms with Crippen LogP contribution in [0.4, 0.5) is 10.1 Å². The minimum absolute atomic E-state index is 0.152. The molecule has 5 nitrogen and oxygen atoms in total. The fourth-order valence-electron chi connectivity index (χ4n) is 5.40. The van der Waals surface area contributed by atoms with Crippen molar-refractivity contribution in [2.24, 2.45) is 0 Å². The number of carbonyl (C=O) groups is 1. The van der Waals surface area contributed by atoms with E-state index in [1.54, 1.807) is 4.90 Å². The molecule has 1 spiro atoms. The number of hydrogen-bond acceptors (Lipinski definition) is 4. The summed E-state index contributed by atoms with van der Waals surface area (Å²) < 4.78 is 31.1. The monoisotopic (exact) mass is 431 g/mol. The van der Waals surface area contributed by atoms with Gasteiger partial charge in [-0.1, -0.05) is 18.2 Å². The summed E-state index contributed by atoms with van der Waals surface area (Å²) in [4.78, 5) is 15.3. The summed E-state index contributed by atoms with van der Waals surface area (Å²) in [6, 6.07) is 17.6. The first-order chi connectivity index (χ1) is 15.4. The van der Waals surface area contributed by atoms with E-state index in [1.165, 1.54) is 24.3 Å². The standard InChI is InChI=1S/C26H22FNO4/c1-25(2)13-26(19-11-22-23(31-15-30-22)12-21(19)32-25)14-28(20-6-4-3-5-18(20)26)24(29)16-7-9-17(27)10-8-16/h3-12H,13-15H2,1-2H3. The summed E-state index contributed by atoms with van der Waals surface area (Å²) in [5, 5.41) is 0. The molecule has 0 fully saturated rings. The van der Waals surface area contributed by atoms with Crippen LogP contribution in [0.15, 0.2) is 60.7 Å². The van der Waals surface area contributed by atoms with E-state index < -0.39 is 11.0 Å². The van der Waals surface area contributed by atoms with Crippen LogP contribution in [0, 0.1) is 5.82 Å². The van der Waals surface area contributed by atoms with Gasteiger partial charge in [-0.3, -0.25) is 4.79 Å². The average Bonchev–Trinajstić information content (AvgIpc) is 3.35. The van der Waals surface area contributed by atoms with Gasteiger partial charge in [-0.2, -0.15) is 0 Å². The number of carbonyl (C=O) groups excluding carboxylic acids is 1. The topological polar surface area (TPSA) is 48.0 Å². The Morgan fingerprint density at radius 1 is 0.938 bits per heavy atom. The molecule has 3 aliphatic heterocycles. The van der Waals surface area contributed by atoms with Crippen LogP contribution >= 0.6 is 0 Å². The van der Waals surface area contributed by atoms with Gasteiger partial charge in [0.05, 0.1) is 0 Å². The number of hydrogen-bond donors (Lipinski definition) is 0. The van der Waals surface area contributed by atoms with Gasteiger partial charge in [0, 0.05) is 41.3 Å². The van der Waals surface area contributed by atoms with Gasteiger partial charge in [0.2, 0.25) is 6.79 Å². The van der Waals surface area contributed by atoms with Crippen molar-refractivity contribution < 1.29 is 23.4 Å². The Morgan fingerprint density at radius 3 is 2.44 bits per heavy atom. The molecule has 3 aromatic carbocycles. The van der Waals surface area contributed by atoms with Gasteiger partial charge in [-0.15, -0.1) is 0 Å². The molecule has 6 rings (SSSR count). The smallest absolute Gasteiger partial charge is 0.258 e. The Bertz CT molecular complexity index is 1250. The van der Waals surface area contributed by atoms with Gasteiger partial charge in [0.1, 0.15) is 17.2 Å². The molecule has 3 aliphatic rings. The van der Waals surface area contributed by atoms with Crippen LogP contribution in [0.3, 0.4) is 0 Å². The van der Waals surface area contributed by atoms with Gasteiger partial charge >= 0.3 is 0 Å². The second-order valence-corrected chi connectivity index (χ2v) is 9.24. The highest BCUT2D eigenvalue weighted by Crippen LogP contribution is 2.57. The summed E-state index contributed by atoms with van der Waals surface area (Å²) >= 11 is 0. The summed E-state index contributed by atoms with van der Waals surface area (Å²) in [6.45, 7) is 4.77. The third-order valence-corrected chi connectivity index (χ3v) is 6.58. The molecule has 3 heterocycles. The SMILES string of the molecule is CC1(C)CC2(CN(C(=O)c3ccc(F)cc3)c3ccccc32)c2cc3c(cc2O1)OCO3. The molecule has 0 N–H and O–H groups in total. The largest absolute Gasteiger partial charge is 0.487 e. The van der Waals surface area contributed by atoms with Gasteiger partial charge in [-0.25, -0.2) is 4.39 Å². The predicted octanol–water partition coefficient (Wildman–Crippen LogP) is 5.06. The highest BCUT2D eigenvalue weighted by molar-refractivity contribution is 6.08. The van der Waals surface area contributed by atoms with Crippen molar-refractivity contribution in [2.75, 3.05) is 18.2 Å². The predicted molar refractivity (Wildman–Crippen MR) is 117 cm³/mol. The molecule has 3 aromatic rings. The van der Waals surface area contributed by atoms with Crippen LogP contribution < -0.4 is 19.1 Å². The Kier molecular flexibility index (Phi) is 3.88. The number of ether oxygens (including phenoxy) is 3. The zero-order valence-corrected chi connectivity index (χ0v) is 17.9. The molecule has 0 saturated heterocycles. The first kappa shape index (κ1) is 19.2. The minimum Gasteiger partial charge on any atom is -0.487 e. The van der Waals surface area contributed by atoms with E-state index in [4.69, 9.17) is 14.2 Å². The molecule has 0 bridgehead atoms. The lowest BCUT2D eigenvalue weighted by atomic mass is 9.67. The van der Waals surface area contributed by atoms with E-state index in [2.05, 4.69) is 19.9 Å². The van der Waals surface area contributed by atoms with E-state index in [0.717, 1.165) is 22.6 Å². The van der Waals surface area contributed by atoms with Crippen LogP contribution in [-0.4, -0.2) is 24.8 Å². The van der Waals surface area contributed by atoms with Crippen LogP contribution in [0.25, 0.3) is 0 Å². The highest BCUT2D eigenvalue weighted by atomic mass is 19.1. The van der Waals surface area contributed by atoms with Gasteiger partial charge in [0.15, 0.2) is 11.5 Å². The lowest BCUT2D eigenvalue weighted by molar-refractivity contribution is 0.0568. The Balaban J connectivity index is 1.53. The summed E-state index contributed by atoms with van der Waals surface area (Å²) in [5.41, 5.74) is 2.46. The molecular weight excluding hydrogens is 409 g/mol. The number of benzene rings is 3. The average molecular weight is 431 g/mol. The number of fused-ring (bicyclic) bond motifs is 5. The van der Waals surface area contributed by atoms with Crippen molar-refractivity contribution in [1.29, 1.82) is 0 Å². The van der Waals surface area contributed by atoms with Crippen molar-refractivity contribution in [1.82, 2.24) is 0 Å². The van der Waals surface area contributed by atoms with E-state index in [1.807, 2.05) is 30.3 Å². The molecule has 1 unspecified atom stereocenters. The Hall–Kier alpha value is -3.54. The van der Waals surface area contributed by atoms with Crippen molar-refractivity contribution in [2.45, 2.75) is 31.3 Å². The number of anilines is 1. The summed E-state index contributed by atoms with van der Waals surface area (Å²) in [7, 11) is 0. The van der Waals surface area contributed by atoms with Crippen LogP contribution in [-0.2, 0) is 5.41 Å².